The van der Waals surface area contributed by atoms with E-state index in [4.69, 9.17) is 4.42 Å². The first-order chi connectivity index (χ1) is 11.6. The van der Waals surface area contributed by atoms with Gasteiger partial charge < -0.3 is 14.6 Å². The van der Waals surface area contributed by atoms with Crippen molar-refractivity contribution in [3.05, 3.63) is 58.5 Å². The van der Waals surface area contributed by atoms with E-state index in [2.05, 4.69) is 21.2 Å². The van der Waals surface area contributed by atoms with Crippen molar-refractivity contribution in [1.82, 2.24) is 10.2 Å². The maximum absolute atomic E-state index is 12.5. The van der Waals surface area contributed by atoms with Gasteiger partial charge in [0.05, 0.1) is 12.8 Å². The molecule has 1 saturated heterocycles. The maximum Gasteiger partial charge on any atom is 0.253 e. The summed E-state index contributed by atoms with van der Waals surface area (Å²) >= 11 is 3.37. The number of nitrogens with zero attached hydrogens (tertiary/aromatic N) is 1. The fourth-order valence-corrected chi connectivity index (χ4v) is 3.12. The first-order valence-corrected chi connectivity index (χ1v) is 8.78. The molecule has 24 heavy (non-hydrogen) atoms. The van der Waals surface area contributed by atoms with Crippen LogP contribution in [0.1, 0.15) is 29.0 Å². The molecule has 0 radical (unpaired) electrons. The molecule has 1 fully saturated rings. The molecule has 2 amide bonds. The smallest absolute Gasteiger partial charge is 0.253 e. The summed E-state index contributed by atoms with van der Waals surface area (Å²) in [5, 5.41) is 2.90. The zero-order valence-corrected chi connectivity index (χ0v) is 14.8. The average molecular weight is 391 g/mol. The van der Waals surface area contributed by atoms with E-state index in [0.29, 0.717) is 38.0 Å². The zero-order chi connectivity index (χ0) is 16.9. The van der Waals surface area contributed by atoms with Crippen molar-refractivity contribution in [3.8, 4) is 0 Å². The molecule has 0 atom stereocenters. The van der Waals surface area contributed by atoms with Crippen LogP contribution in [0.5, 0.6) is 0 Å². The predicted octanol–water partition coefficient (Wildman–Crippen LogP) is 3.21. The van der Waals surface area contributed by atoms with Crippen molar-refractivity contribution in [1.29, 1.82) is 0 Å². The number of hydrogen-bond donors (Lipinski definition) is 1. The van der Waals surface area contributed by atoms with Crippen LogP contribution in [-0.4, -0.2) is 29.8 Å². The van der Waals surface area contributed by atoms with Gasteiger partial charge in [0.2, 0.25) is 5.91 Å². The SMILES string of the molecule is O=C(NCc1ccco1)C1CCN(C(=O)c2ccc(Br)cc2)CC1. The molecule has 1 aliphatic rings. The summed E-state index contributed by atoms with van der Waals surface area (Å²) in [5.41, 5.74) is 0.680. The van der Waals surface area contributed by atoms with Gasteiger partial charge in [-0.3, -0.25) is 9.59 Å². The topological polar surface area (TPSA) is 62.6 Å². The number of carbonyl (C=O) groups is 2. The first kappa shape index (κ1) is 16.8. The van der Waals surface area contributed by atoms with E-state index in [0.717, 1.165) is 10.2 Å². The Morgan fingerprint density at radius 1 is 1.17 bits per heavy atom. The molecule has 5 nitrogen and oxygen atoms in total. The number of piperidine rings is 1. The highest BCUT2D eigenvalue weighted by Crippen LogP contribution is 2.20. The Labute approximate surface area is 149 Å². The van der Waals surface area contributed by atoms with Gasteiger partial charge in [-0.1, -0.05) is 15.9 Å². The van der Waals surface area contributed by atoms with Crippen LogP contribution >= 0.6 is 15.9 Å². The second-order valence-electron chi connectivity index (χ2n) is 5.87. The van der Waals surface area contributed by atoms with Gasteiger partial charge in [-0.2, -0.15) is 0 Å². The van der Waals surface area contributed by atoms with Crippen LogP contribution in [0.15, 0.2) is 51.6 Å². The normalized spacial score (nSPS) is 15.3. The third kappa shape index (κ3) is 4.06. The van der Waals surface area contributed by atoms with Gasteiger partial charge in [-0.25, -0.2) is 0 Å². The van der Waals surface area contributed by atoms with Crippen molar-refractivity contribution in [2.45, 2.75) is 19.4 Å². The van der Waals surface area contributed by atoms with Crippen LogP contribution in [0.4, 0.5) is 0 Å². The number of carbonyl (C=O) groups excluding carboxylic acids is 2. The number of hydrogen-bond acceptors (Lipinski definition) is 3. The Kier molecular flexibility index (Phi) is 5.35. The standard InChI is InChI=1S/C18H19BrN2O3/c19-15-5-3-14(4-6-15)18(23)21-9-7-13(8-10-21)17(22)20-12-16-2-1-11-24-16/h1-6,11,13H,7-10,12H2,(H,20,22). The molecule has 3 rings (SSSR count). The van der Waals surface area contributed by atoms with E-state index < -0.39 is 0 Å². The van der Waals surface area contributed by atoms with Crippen molar-refractivity contribution in [3.63, 3.8) is 0 Å². The van der Waals surface area contributed by atoms with Crippen LogP contribution in [0, 0.1) is 5.92 Å². The lowest BCUT2D eigenvalue weighted by atomic mass is 9.95. The lowest BCUT2D eigenvalue weighted by Crippen LogP contribution is -2.42. The van der Waals surface area contributed by atoms with Crippen LogP contribution < -0.4 is 5.32 Å². The van der Waals surface area contributed by atoms with E-state index in [-0.39, 0.29) is 17.7 Å². The van der Waals surface area contributed by atoms with Gasteiger partial charge in [0.15, 0.2) is 0 Å². The molecule has 126 valence electrons. The maximum atomic E-state index is 12.5. The largest absolute Gasteiger partial charge is 0.467 e. The van der Waals surface area contributed by atoms with E-state index in [1.165, 1.54) is 0 Å². The van der Waals surface area contributed by atoms with Crippen molar-refractivity contribution in [2.75, 3.05) is 13.1 Å². The molecule has 0 aliphatic carbocycles. The van der Waals surface area contributed by atoms with Crippen molar-refractivity contribution < 1.29 is 14.0 Å². The Bertz CT molecular complexity index is 690. The highest BCUT2D eigenvalue weighted by Gasteiger charge is 2.27. The van der Waals surface area contributed by atoms with Crippen molar-refractivity contribution in [2.24, 2.45) is 5.92 Å². The predicted molar refractivity (Wildman–Crippen MR) is 93.3 cm³/mol. The molecular formula is C18H19BrN2O3. The molecule has 1 aromatic heterocycles. The Morgan fingerprint density at radius 2 is 1.88 bits per heavy atom. The Balaban J connectivity index is 1.49. The number of benzene rings is 1. The molecule has 2 heterocycles. The van der Waals surface area contributed by atoms with Gasteiger partial charge in [-0.15, -0.1) is 0 Å². The Hall–Kier alpha value is -2.08. The van der Waals surface area contributed by atoms with Crippen molar-refractivity contribution >= 4 is 27.7 Å². The van der Waals surface area contributed by atoms with E-state index in [9.17, 15) is 9.59 Å². The molecular weight excluding hydrogens is 372 g/mol. The van der Waals surface area contributed by atoms with E-state index >= 15 is 0 Å². The van der Waals surface area contributed by atoms with Crippen LogP contribution in [0.2, 0.25) is 0 Å². The minimum absolute atomic E-state index is 0.0249. The fourth-order valence-electron chi connectivity index (χ4n) is 2.85. The summed E-state index contributed by atoms with van der Waals surface area (Å²) in [6, 6.07) is 11.0. The molecule has 1 N–H and O–H groups in total. The second-order valence-corrected chi connectivity index (χ2v) is 6.79. The summed E-state index contributed by atoms with van der Waals surface area (Å²) in [5.74, 6) is 0.749. The minimum Gasteiger partial charge on any atom is -0.467 e. The molecule has 0 bridgehead atoms. The first-order valence-electron chi connectivity index (χ1n) is 7.98. The van der Waals surface area contributed by atoms with Gasteiger partial charge >= 0.3 is 0 Å². The number of halogens is 1. The van der Waals surface area contributed by atoms with Gasteiger partial charge in [0.1, 0.15) is 5.76 Å². The average Bonchev–Trinajstić information content (AvgIpc) is 3.13. The van der Waals surface area contributed by atoms with Crippen LogP contribution in [0.3, 0.4) is 0 Å². The quantitative estimate of drug-likeness (QED) is 0.871. The van der Waals surface area contributed by atoms with Crippen LogP contribution in [-0.2, 0) is 11.3 Å². The molecule has 0 unspecified atom stereocenters. The highest BCUT2D eigenvalue weighted by atomic mass is 79.9. The zero-order valence-electron chi connectivity index (χ0n) is 13.2. The number of rotatable bonds is 4. The summed E-state index contributed by atoms with van der Waals surface area (Å²) in [4.78, 5) is 26.5. The fraction of sp³-hybridized carbons (Fsp3) is 0.333. The van der Waals surface area contributed by atoms with Gasteiger partial charge in [-0.05, 0) is 49.2 Å². The number of likely N-dealkylation sites (tertiary alicyclic amines) is 1. The summed E-state index contributed by atoms with van der Waals surface area (Å²) in [6.07, 6.45) is 2.96. The summed E-state index contributed by atoms with van der Waals surface area (Å²) in [6.45, 7) is 1.62. The lowest BCUT2D eigenvalue weighted by Gasteiger charge is -2.31. The molecule has 1 aromatic carbocycles. The van der Waals surface area contributed by atoms with E-state index in [1.54, 1.807) is 12.3 Å². The second kappa shape index (κ2) is 7.66. The number of amides is 2. The van der Waals surface area contributed by atoms with Crippen LogP contribution in [0.25, 0.3) is 0 Å². The van der Waals surface area contributed by atoms with E-state index in [1.807, 2.05) is 35.2 Å². The number of furan rings is 1. The summed E-state index contributed by atoms with van der Waals surface area (Å²) in [7, 11) is 0. The minimum atomic E-state index is -0.0473. The Morgan fingerprint density at radius 3 is 2.50 bits per heavy atom. The molecule has 6 heteroatoms. The molecule has 1 aliphatic heterocycles. The van der Waals surface area contributed by atoms with Gasteiger partial charge in [0.25, 0.3) is 5.91 Å². The molecule has 0 saturated carbocycles. The number of nitrogens with one attached hydrogen (secondary N) is 1. The third-order valence-electron chi connectivity index (χ3n) is 4.26. The monoisotopic (exact) mass is 390 g/mol. The molecule has 2 aromatic rings. The molecule has 0 spiro atoms. The van der Waals surface area contributed by atoms with Gasteiger partial charge in [0, 0.05) is 29.0 Å². The third-order valence-corrected chi connectivity index (χ3v) is 4.79. The lowest BCUT2D eigenvalue weighted by molar-refractivity contribution is -0.126. The highest BCUT2D eigenvalue weighted by molar-refractivity contribution is 9.10. The summed E-state index contributed by atoms with van der Waals surface area (Å²) < 4.78 is 6.16.